The van der Waals surface area contributed by atoms with E-state index in [-0.39, 0.29) is 11.8 Å². The van der Waals surface area contributed by atoms with Gasteiger partial charge in [0.2, 0.25) is 0 Å². The second-order valence-electron chi connectivity index (χ2n) is 4.71. The Kier molecular flexibility index (Phi) is 4.71. The summed E-state index contributed by atoms with van der Waals surface area (Å²) in [6.07, 6.45) is 2.55. The van der Waals surface area contributed by atoms with E-state index < -0.39 is 5.97 Å². The Bertz CT molecular complexity index is 597. The molecule has 2 N–H and O–H groups in total. The molecule has 0 aliphatic heterocycles. The largest absolute Gasteiger partial charge is 0.489 e. The van der Waals surface area contributed by atoms with Crippen molar-refractivity contribution in [1.29, 1.82) is 0 Å². The Morgan fingerprint density at radius 1 is 1.29 bits per heavy atom. The number of aromatic carboxylic acids is 1. The minimum absolute atomic E-state index is 0.0614. The summed E-state index contributed by atoms with van der Waals surface area (Å²) >= 11 is 0. The molecule has 1 atom stereocenters. The van der Waals surface area contributed by atoms with Gasteiger partial charge in [-0.1, -0.05) is 17.7 Å². The van der Waals surface area contributed by atoms with Crippen LogP contribution in [0.4, 0.5) is 5.82 Å². The van der Waals surface area contributed by atoms with Gasteiger partial charge in [-0.2, -0.15) is 0 Å². The van der Waals surface area contributed by atoms with Crippen molar-refractivity contribution in [3.63, 3.8) is 0 Å². The Morgan fingerprint density at radius 2 is 2.00 bits per heavy atom. The molecule has 0 spiro atoms. The molecule has 0 saturated carbocycles. The summed E-state index contributed by atoms with van der Waals surface area (Å²) in [5.74, 6) is 0.228. The number of nitrogens with zero attached hydrogens (tertiary/aromatic N) is 2. The van der Waals surface area contributed by atoms with E-state index in [0.29, 0.717) is 12.4 Å². The first-order valence-corrected chi connectivity index (χ1v) is 6.57. The fourth-order valence-electron chi connectivity index (χ4n) is 1.67. The number of aromatic nitrogens is 2. The summed E-state index contributed by atoms with van der Waals surface area (Å²) in [4.78, 5) is 18.4. The van der Waals surface area contributed by atoms with Gasteiger partial charge in [0.1, 0.15) is 17.7 Å². The van der Waals surface area contributed by atoms with Gasteiger partial charge in [0, 0.05) is 0 Å². The highest BCUT2D eigenvalue weighted by Gasteiger charge is 2.07. The summed E-state index contributed by atoms with van der Waals surface area (Å²) in [5, 5.41) is 11.8. The molecule has 0 amide bonds. The molecule has 1 aromatic heterocycles. The van der Waals surface area contributed by atoms with Gasteiger partial charge in [-0.15, -0.1) is 0 Å². The van der Waals surface area contributed by atoms with Gasteiger partial charge in [-0.05, 0) is 26.0 Å². The molecule has 2 aromatic rings. The van der Waals surface area contributed by atoms with E-state index in [1.54, 1.807) is 0 Å². The van der Waals surface area contributed by atoms with Gasteiger partial charge in [-0.3, -0.25) is 0 Å². The Hall–Kier alpha value is -2.63. The molecule has 110 valence electrons. The topological polar surface area (TPSA) is 84.3 Å². The smallest absolute Gasteiger partial charge is 0.356 e. The van der Waals surface area contributed by atoms with Crippen LogP contribution in [0.2, 0.25) is 0 Å². The first kappa shape index (κ1) is 14.8. The first-order valence-electron chi connectivity index (χ1n) is 6.57. The average Bonchev–Trinajstić information content (AvgIpc) is 2.48. The molecular formula is C15H17N3O3. The lowest BCUT2D eigenvalue weighted by Crippen LogP contribution is -2.23. The number of aryl methyl sites for hydroxylation is 1. The summed E-state index contributed by atoms with van der Waals surface area (Å²) in [6, 6.07) is 7.83. The van der Waals surface area contributed by atoms with E-state index in [2.05, 4.69) is 15.3 Å². The fraction of sp³-hybridized carbons (Fsp3) is 0.267. The second-order valence-corrected chi connectivity index (χ2v) is 4.71. The van der Waals surface area contributed by atoms with Crippen LogP contribution in [0.3, 0.4) is 0 Å². The van der Waals surface area contributed by atoms with Gasteiger partial charge in [0.05, 0.1) is 18.9 Å². The number of hydrogen-bond acceptors (Lipinski definition) is 5. The van der Waals surface area contributed by atoms with Crippen molar-refractivity contribution in [2.45, 2.75) is 20.0 Å². The Morgan fingerprint density at radius 3 is 2.57 bits per heavy atom. The van der Waals surface area contributed by atoms with Gasteiger partial charge in [0.15, 0.2) is 5.69 Å². The SMILES string of the molecule is Cc1ccc(OC(C)CNc2cnc(C(=O)O)cn2)cc1. The van der Waals surface area contributed by atoms with Crippen molar-refractivity contribution in [2.24, 2.45) is 0 Å². The Labute approximate surface area is 122 Å². The molecule has 2 rings (SSSR count). The molecule has 0 fully saturated rings. The van der Waals surface area contributed by atoms with Crippen molar-refractivity contribution in [3.8, 4) is 5.75 Å². The summed E-state index contributed by atoms with van der Waals surface area (Å²) in [6.45, 7) is 4.50. The average molecular weight is 287 g/mol. The fourth-order valence-corrected chi connectivity index (χ4v) is 1.67. The second kappa shape index (κ2) is 6.69. The molecule has 0 aliphatic carbocycles. The molecule has 1 heterocycles. The third-order valence-electron chi connectivity index (χ3n) is 2.80. The van der Waals surface area contributed by atoms with E-state index in [1.807, 2.05) is 38.1 Å². The van der Waals surface area contributed by atoms with Gasteiger partial charge >= 0.3 is 5.97 Å². The predicted octanol–water partition coefficient (Wildman–Crippen LogP) is 2.36. The highest BCUT2D eigenvalue weighted by Crippen LogP contribution is 2.13. The number of hydrogen-bond donors (Lipinski definition) is 2. The van der Waals surface area contributed by atoms with E-state index >= 15 is 0 Å². The van der Waals surface area contributed by atoms with Crippen LogP contribution >= 0.6 is 0 Å². The highest BCUT2D eigenvalue weighted by atomic mass is 16.5. The molecule has 0 radical (unpaired) electrons. The van der Waals surface area contributed by atoms with Crippen molar-refractivity contribution in [3.05, 3.63) is 47.9 Å². The molecular weight excluding hydrogens is 270 g/mol. The first-order chi connectivity index (χ1) is 10.0. The summed E-state index contributed by atoms with van der Waals surface area (Å²) in [5.41, 5.74) is 1.10. The molecule has 6 nitrogen and oxygen atoms in total. The lowest BCUT2D eigenvalue weighted by atomic mass is 10.2. The highest BCUT2D eigenvalue weighted by molar-refractivity contribution is 5.84. The quantitative estimate of drug-likeness (QED) is 0.848. The minimum atomic E-state index is -1.09. The number of anilines is 1. The van der Waals surface area contributed by atoms with Crippen LogP contribution in [-0.4, -0.2) is 33.7 Å². The lowest BCUT2D eigenvalue weighted by Gasteiger charge is -2.15. The molecule has 21 heavy (non-hydrogen) atoms. The zero-order chi connectivity index (χ0) is 15.2. The summed E-state index contributed by atoms with van der Waals surface area (Å²) in [7, 11) is 0. The van der Waals surface area contributed by atoms with Crippen LogP contribution in [0, 0.1) is 6.92 Å². The third kappa shape index (κ3) is 4.45. The number of benzene rings is 1. The maximum Gasteiger partial charge on any atom is 0.356 e. The number of rotatable bonds is 6. The maximum atomic E-state index is 10.7. The van der Waals surface area contributed by atoms with Crippen molar-refractivity contribution < 1.29 is 14.6 Å². The normalized spacial score (nSPS) is 11.7. The standard InChI is InChI=1S/C15H17N3O3/c1-10-3-5-12(6-4-10)21-11(2)7-17-14-9-16-13(8-18-14)15(19)20/h3-6,8-9,11H,7H2,1-2H3,(H,17,18)(H,19,20). The van der Waals surface area contributed by atoms with E-state index in [9.17, 15) is 4.79 Å². The number of carbonyl (C=O) groups is 1. The number of nitrogens with one attached hydrogen (secondary N) is 1. The maximum absolute atomic E-state index is 10.7. The molecule has 1 unspecified atom stereocenters. The third-order valence-corrected chi connectivity index (χ3v) is 2.80. The zero-order valence-corrected chi connectivity index (χ0v) is 11.9. The van der Waals surface area contributed by atoms with Crippen LogP contribution in [0.15, 0.2) is 36.7 Å². The molecule has 6 heteroatoms. The van der Waals surface area contributed by atoms with Crippen molar-refractivity contribution in [1.82, 2.24) is 9.97 Å². The van der Waals surface area contributed by atoms with Crippen LogP contribution in [0.5, 0.6) is 5.75 Å². The number of carboxylic acid groups (broad SMARTS) is 1. The molecule has 0 saturated heterocycles. The monoisotopic (exact) mass is 287 g/mol. The number of ether oxygens (including phenoxy) is 1. The van der Waals surface area contributed by atoms with Crippen LogP contribution in [0.25, 0.3) is 0 Å². The number of carboxylic acids is 1. The minimum Gasteiger partial charge on any atom is -0.489 e. The zero-order valence-electron chi connectivity index (χ0n) is 11.9. The molecule has 0 bridgehead atoms. The van der Waals surface area contributed by atoms with Crippen LogP contribution in [0.1, 0.15) is 23.0 Å². The van der Waals surface area contributed by atoms with E-state index in [4.69, 9.17) is 9.84 Å². The van der Waals surface area contributed by atoms with Gasteiger partial charge in [-0.25, -0.2) is 14.8 Å². The van der Waals surface area contributed by atoms with Crippen LogP contribution in [-0.2, 0) is 0 Å². The lowest BCUT2D eigenvalue weighted by molar-refractivity contribution is 0.0690. The molecule has 0 aliphatic rings. The Balaban J connectivity index is 1.84. The predicted molar refractivity (Wildman–Crippen MR) is 78.8 cm³/mol. The van der Waals surface area contributed by atoms with Crippen molar-refractivity contribution >= 4 is 11.8 Å². The van der Waals surface area contributed by atoms with Gasteiger partial charge in [0.25, 0.3) is 0 Å². The van der Waals surface area contributed by atoms with E-state index in [0.717, 1.165) is 5.75 Å². The molecule has 1 aromatic carbocycles. The van der Waals surface area contributed by atoms with Gasteiger partial charge < -0.3 is 15.2 Å². The van der Waals surface area contributed by atoms with Crippen LogP contribution < -0.4 is 10.1 Å². The van der Waals surface area contributed by atoms with E-state index in [1.165, 1.54) is 18.0 Å². The van der Waals surface area contributed by atoms with Crippen molar-refractivity contribution in [2.75, 3.05) is 11.9 Å². The summed E-state index contributed by atoms with van der Waals surface area (Å²) < 4.78 is 5.75.